The molecule has 3 rings (SSSR count). The molecule has 3 heteroatoms. The molecule has 12 heavy (non-hydrogen) atoms. The molecule has 2 N–H and O–H groups in total. The number of hydrogen-bond donors (Lipinski definition) is 2. The molecule has 3 aliphatic carbocycles. The smallest absolute Gasteiger partial charge is 0.306 e. The van der Waals surface area contributed by atoms with Crippen molar-refractivity contribution in [1.29, 1.82) is 0 Å². The van der Waals surface area contributed by atoms with E-state index in [1.807, 2.05) is 0 Å². The standard InChI is InChI=1S/C9H14O3/c10-8-4-5-1-2-6(8)3-7(5)9(11)12/h5-8,10H,1-4H2,(H,11,12). The van der Waals surface area contributed by atoms with Gasteiger partial charge in [0.1, 0.15) is 0 Å². The molecule has 4 atom stereocenters. The zero-order valence-corrected chi connectivity index (χ0v) is 6.94. The Morgan fingerprint density at radius 2 is 1.83 bits per heavy atom. The maximum absolute atomic E-state index is 10.8. The lowest BCUT2D eigenvalue weighted by Crippen LogP contribution is -2.43. The van der Waals surface area contributed by atoms with E-state index in [9.17, 15) is 9.90 Å². The van der Waals surface area contributed by atoms with Gasteiger partial charge in [-0.05, 0) is 37.5 Å². The average Bonchev–Trinajstić information content (AvgIpc) is 2.04. The van der Waals surface area contributed by atoms with E-state index < -0.39 is 5.97 Å². The van der Waals surface area contributed by atoms with Crippen molar-refractivity contribution in [1.82, 2.24) is 0 Å². The average molecular weight is 170 g/mol. The van der Waals surface area contributed by atoms with E-state index in [0.29, 0.717) is 12.8 Å². The van der Waals surface area contributed by atoms with E-state index in [1.54, 1.807) is 0 Å². The summed E-state index contributed by atoms with van der Waals surface area (Å²) in [6.45, 7) is 0. The summed E-state index contributed by atoms with van der Waals surface area (Å²) in [5, 5.41) is 18.4. The Labute approximate surface area is 71.4 Å². The summed E-state index contributed by atoms with van der Waals surface area (Å²) in [6.07, 6.45) is 3.20. The number of hydrogen-bond acceptors (Lipinski definition) is 2. The molecule has 3 nitrogen and oxygen atoms in total. The van der Waals surface area contributed by atoms with Crippen LogP contribution in [-0.4, -0.2) is 22.3 Å². The lowest BCUT2D eigenvalue weighted by atomic mass is 9.63. The van der Waals surface area contributed by atoms with Crippen LogP contribution in [0.2, 0.25) is 0 Å². The van der Waals surface area contributed by atoms with Gasteiger partial charge in [0.25, 0.3) is 0 Å². The highest BCUT2D eigenvalue weighted by atomic mass is 16.4. The second-order valence-corrected chi connectivity index (χ2v) is 4.08. The van der Waals surface area contributed by atoms with Crippen LogP contribution < -0.4 is 0 Å². The summed E-state index contributed by atoms with van der Waals surface area (Å²) in [4.78, 5) is 10.8. The van der Waals surface area contributed by atoms with Gasteiger partial charge in [-0.25, -0.2) is 0 Å². The Morgan fingerprint density at radius 3 is 2.25 bits per heavy atom. The van der Waals surface area contributed by atoms with Crippen LogP contribution in [0.4, 0.5) is 0 Å². The molecule has 0 aromatic rings. The minimum Gasteiger partial charge on any atom is -0.481 e. The van der Waals surface area contributed by atoms with E-state index in [1.165, 1.54) is 0 Å². The Morgan fingerprint density at radius 1 is 1.17 bits per heavy atom. The topological polar surface area (TPSA) is 57.5 Å². The van der Waals surface area contributed by atoms with Gasteiger partial charge < -0.3 is 10.2 Å². The van der Waals surface area contributed by atoms with Gasteiger partial charge in [0, 0.05) is 0 Å². The highest BCUT2D eigenvalue weighted by molar-refractivity contribution is 5.70. The number of carboxylic acids is 1. The fourth-order valence-electron chi connectivity index (χ4n) is 2.70. The fourth-order valence-corrected chi connectivity index (χ4v) is 2.70. The molecule has 4 unspecified atom stereocenters. The van der Waals surface area contributed by atoms with Crippen molar-refractivity contribution in [2.24, 2.45) is 17.8 Å². The van der Waals surface area contributed by atoms with Crippen molar-refractivity contribution in [3.8, 4) is 0 Å². The van der Waals surface area contributed by atoms with Crippen molar-refractivity contribution >= 4 is 5.97 Å². The quantitative estimate of drug-likeness (QED) is 0.614. The highest BCUT2D eigenvalue weighted by Crippen LogP contribution is 2.45. The van der Waals surface area contributed by atoms with Crippen LogP contribution in [0.3, 0.4) is 0 Å². The molecule has 0 heterocycles. The maximum atomic E-state index is 10.8. The minimum absolute atomic E-state index is 0.174. The molecule has 0 aromatic carbocycles. The third kappa shape index (κ3) is 1.12. The van der Waals surface area contributed by atoms with E-state index in [4.69, 9.17) is 5.11 Å². The van der Waals surface area contributed by atoms with Crippen molar-refractivity contribution < 1.29 is 15.0 Å². The first kappa shape index (κ1) is 8.05. The molecule has 0 aromatic heterocycles. The summed E-state index contributed by atoms with van der Waals surface area (Å²) in [5.41, 5.74) is 0. The summed E-state index contributed by atoms with van der Waals surface area (Å²) < 4.78 is 0. The van der Waals surface area contributed by atoms with Gasteiger partial charge in [0.05, 0.1) is 12.0 Å². The molecule has 68 valence electrons. The molecule has 3 saturated carbocycles. The zero-order chi connectivity index (χ0) is 8.72. The fraction of sp³-hybridized carbons (Fsp3) is 0.889. The number of fused-ring (bicyclic) bond motifs is 3. The normalized spacial score (nSPS) is 46.1. The summed E-state index contributed by atoms with van der Waals surface area (Å²) in [6, 6.07) is 0. The SMILES string of the molecule is O=C(O)C1CC2CCC1CC2O. The van der Waals surface area contributed by atoms with Gasteiger partial charge >= 0.3 is 5.97 Å². The lowest BCUT2D eigenvalue weighted by molar-refractivity contribution is -0.150. The second kappa shape index (κ2) is 2.73. The van der Waals surface area contributed by atoms with Crippen LogP contribution >= 0.6 is 0 Å². The molecule has 0 spiro atoms. The first-order valence-corrected chi connectivity index (χ1v) is 4.59. The predicted molar refractivity (Wildman–Crippen MR) is 42.6 cm³/mol. The number of aliphatic carboxylic acids is 1. The minimum atomic E-state index is -0.670. The molecular weight excluding hydrogens is 156 g/mol. The van der Waals surface area contributed by atoms with E-state index in [0.717, 1.165) is 12.8 Å². The Kier molecular flexibility index (Phi) is 1.83. The molecule has 0 amide bonds. The predicted octanol–water partition coefficient (Wildman–Crippen LogP) is 0.868. The molecule has 0 radical (unpaired) electrons. The number of rotatable bonds is 1. The number of aliphatic hydroxyl groups is 1. The largest absolute Gasteiger partial charge is 0.481 e. The van der Waals surface area contributed by atoms with Gasteiger partial charge in [0.2, 0.25) is 0 Å². The van der Waals surface area contributed by atoms with Crippen LogP contribution in [0.5, 0.6) is 0 Å². The van der Waals surface area contributed by atoms with Gasteiger partial charge in [0.15, 0.2) is 0 Å². The van der Waals surface area contributed by atoms with Crippen LogP contribution in [0.15, 0.2) is 0 Å². The highest BCUT2D eigenvalue weighted by Gasteiger charge is 2.43. The molecule has 0 saturated heterocycles. The monoisotopic (exact) mass is 170 g/mol. The first-order chi connectivity index (χ1) is 5.68. The van der Waals surface area contributed by atoms with Crippen molar-refractivity contribution in [3.63, 3.8) is 0 Å². The Balaban J connectivity index is 2.10. The van der Waals surface area contributed by atoms with Crippen LogP contribution in [0, 0.1) is 17.8 Å². The molecule has 2 bridgehead atoms. The van der Waals surface area contributed by atoms with Crippen LogP contribution in [0.1, 0.15) is 25.7 Å². The van der Waals surface area contributed by atoms with Gasteiger partial charge in [-0.1, -0.05) is 0 Å². The molecule has 3 fully saturated rings. The lowest BCUT2D eigenvalue weighted by Gasteiger charge is -2.43. The van der Waals surface area contributed by atoms with E-state index >= 15 is 0 Å². The molecule has 0 aliphatic heterocycles. The van der Waals surface area contributed by atoms with Gasteiger partial charge in [-0.15, -0.1) is 0 Å². The molecule has 3 aliphatic rings. The maximum Gasteiger partial charge on any atom is 0.306 e. The molecular formula is C9H14O3. The zero-order valence-electron chi connectivity index (χ0n) is 6.94. The van der Waals surface area contributed by atoms with Crippen LogP contribution in [0.25, 0.3) is 0 Å². The van der Waals surface area contributed by atoms with Crippen molar-refractivity contribution in [2.45, 2.75) is 31.8 Å². The van der Waals surface area contributed by atoms with Gasteiger partial charge in [-0.2, -0.15) is 0 Å². The summed E-state index contributed by atoms with van der Waals surface area (Å²) >= 11 is 0. The number of carbonyl (C=O) groups is 1. The van der Waals surface area contributed by atoms with Gasteiger partial charge in [-0.3, -0.25) is 4.79 Å². The summed E-state index contributed by atoms with van der Waals surface area (Å²) in [5.74, 6) is -0.345. The third-order valence-corrected chi connectivity index (χ3v) is 3.44. The number of carboxylic acid groups (broad SMARTS) is 1. The summed E-state index contributed by atoms with van der Waals surface area (Å²) in [7, 11) is 0. The number of aliphatic hydroxyl groups excluding tert-OH is 1. The van der Waals surface area contributed by atoms with Crippen molar-refractivity contribution in [2.75, 3.05) is 0 Å². The Hall–Kier alpha value is -0.570. The van der Waals surface area contributed by atoms with Crippen molar-refractivity contribution in [3.05, 3.63) is 0 Å². The Bertz CT molecular complexity index is 202. The first-order valence-electron chi connectivity index (χ1n) is 4.59. The van der Waals surface area contributed by atoms with E-state index in [2.05, 4.69) is 0 Å². The van der Waals surface area contributed by atoms with E-state index in [-0.39, 0.29) is 23.9 Å². The third-order valence-electron chi connectivity index (χ3n) is 3.44. The second-order valence-electron chi connectivity index (χ2n) is 4.08. The van der Waals surface area contributed by atoms with Crippen LogP contribution in [-0.2, 0) is 4.79 Å².